The smallest absolute Gasteiger partial charge is 0.102 e. The van der Waals surface area contributed by atoms with Crippen molar-refractivity contribution in [1.82, 2.24) is 14.8 Å². The third-order valence-electron chi connectivity index (χ3n) is 2.71. The zero-order valence-corrected chi connectivity index (χ0v) is 12.3. The molecule has 98 valence electrons. The van der Waals surface area contributed by atoms with Crippen LogP contribution in [0, 0.1) is 0 Å². The summed E-state index contributed by atoms with van der Waals surface area (Å²) in [5, 5.41) is 6.55. The second-order valence-electron chi connectivity index (χ2n) is 4.03. The van der Waals surface area contributed by atoms with Gasteiger partial charge in [-0.15, -0.1) is 12.4 Å². The lowest BCUT2D eigenvalue weighted by atomic mass is 10.1. The Morgan fingerprint density at radius 3 is 2.74 bits per heavy atom. The molecular formula is C13H10Cl3N3. The van der Waals surface area contributed by atoms with Gasteiger partial charge in [-0.1, -0.05) is 41.4 Å². The van der Waals surface area contributed by atoms with E-state index in [-0.39, 0.29) is 12.4 Å². The number of aromatic nitrogens is 3. The summed E-state index contributed by atoms with van der Waals surface area (Å²) >= 11 is 12.0. The van der Waals surface area contributed by atoms with Gasteiger partial charge in [-0.3, -0.25) is 9.67 Å². The molecular weight excluding hydrogens is 305 g/mol. The minimum absolute atomic E-state index is 0. The molecule has 0 spiro atoms. The standard InChI is InChI=1S/C13H9Cl2N3.ClH/c1-18-7-8-3-2-4-10(12(8)17-18)13-11(15)5-9(14)6-16-13;/h2-7H,1H3;1H. The highest BCUT2D eigenvalue weighted by Gasteiger charge is 2.11. The van der Waals surface area contributed by atoms with Crippen LogP contribution in [0.1, 0.15) is 0 Å². The number of aryl methyl sites for hydroxylation is 1. The molecule has 19 heavy (non-hydrogen) atoms. The van der Waals surface area contributed by atoms with E-state index < -0.39 is 0 Å². The molecule has 0 atom stereocenters. The summed E-state index contributed by atoms with van der Waals surface area (Å²) in [5.74, 6) is 0. The van der Waals surface area contributed by atoms with Crippen molar-refractivity contribution in [2.45, 2.75) is 0 Å². The molecule has 3 rings (SSSR count). The molecule has 1 aromatic carbocycles. The highest BCUT2D eigenvalue weighted by atomic mass is 35.5. The molecule has 3 nitrogen and oxygen atoms in total. The number of benzene rings is 1. The summed E-state index contributed by atoms with van der Waals surface area (Å²) in [6.07, 6.45) is 3.55. The van der Waals surface area contributed by atoms with E-state index in [1.165, 1.54) is 0 Å². The maximum absolute atomic E-state index is 6.19. The summed E-state index contributed by atoms with van der Waals surface area (Å²) < 4.78 is 1.78. The zero-order valence-electron chi connectivity index (χ0n) is 9.97. The number of nitrogens with zero attached hydrogens (tertiary/aromatic N) is 3. The van der Waals surface area contributed by atoms with Crippen molar-refractivity contribution < 1.29 is 0 Å². The van der Waals surface area contributed by atoms with Crippen molar-refractivity contribution in [3.05, 3.63) is 46.7 Å². The van der Waals surface area contributed by atoms with E-state index in [1.54, 1.807) is 16.9 Å². The molecule has 0 aliphatic heterocycles. The van der Waals surface area contributed by atoms with E-state index in [1.807, 2.05) is 31.4 Å². The van der Waals surface area contributed by atoms with Crippen molar-refractivity contribution in [3.8, 4) is 11.3 Å². The number of hydrogen-bond donors (Lipinski definition) is 0. The van der Waals surface area contributed by atoms with Gasteiger partial charge in [-0.25, -0.2) is 0 Å². The first-order chi connectivity index (χ1) is 8.65. The summed E-state index contributed by atoms with van der Waals surface area (Å²) in [7, 11) is 1.89. The minimum atomic E-state index is 0. The number of fused-ring (bicyclic) bond motifs is 1. The molecule has 0 N–H and O–H groups in total. The highest BCUT2D eigenvalue weighted by molar-refractivity contribution is 6.36. The van der Waals surface area contributed by atoms with Crippen molar-refractivity contribution >= 4 is 46.5 Å². The Hall–Kier alpha value is -1.29. The van der Waals surface area contributed by atoms with Gasteiger partial charge in [0, 0.05) is 30.4 Å². The van der Waals surface area contributed by atoms with Crippen LogP contribution in [-0.2, 0) is 7.05 Å². The van der Waals surface area contributed by atoms with Crippen LogP contribution >= 0.6 is 35.6 Å². The second-order valence-corrected chi connectivity index (χ2v) is 4.87. The Kier molecular flexibility index (Phi) is 3.99. The zero-order chi connectivity index (χ0) is 12.7. The first-order valence-electron chi connectivity index (χ1n) is 5.39. The van der Waals surface area contributed by atoms with Gasteiger partial charge in [-0.05, 0) is 6.07 Å². The predicted molar refractivity (Wildman–Crippen MR) is 81.2 cm³/mol. The molecule has 0 fully saturated rings. The number of rotatable bonds is 1. The van der Waals surface area contributed by atoms with Gasteiger partial charge in [0.05, 0.1) is 15.7 Å². The fraction of sp³-hybridized carbons (Fsp3) is 0.0769. The maximum Gasteiger partial charge on any atom is 0.102 e. The fourth-order valence-corrected chi connectivity index (χ4v) is 2.45. The van der Waals surface area contributed by atoms with E-state index in [4.69, 9.17) is 23.2 Å². The number of halogens is 3. The third kappa shape index (κ3) is 2.54. The van der Waals surface area contributed by atoms with Crippen molar-refractivity contribution in [2.24, 2.45) is 7.05 Å². The van der Waals surface area contributed by atoms with Crippen molar-refractivity contribution in [3.63, 3.8) is 0 Å². The molecule has 0 amide bonds. The molecule has 0 saturated carbocycles. The van der Waals surface area contributed by atoms with E-state index in [0.717, 1.165) is 16.5 Å². The van der Waals surface area contributed by atoms with Crippen LogP contribution in [0.2, 0.25) is 10.0 Å². The quantitative estimate of drug-likeness (QED) is 0.668. The van der Waals surface area contributed by atoms with Crippen molar-refractivity contribution in [1.29, 1.82) is 0 Å². The second kappa shape index (κ2) is 5.37. The van der Waals surface area contributed by atoms with Gasteiger partial charge in [-0.2, -0.15) is 5.10 Å². The lowest BCUT2D eigenvalue weighted by molar-refractivity contribution is 0.780. The minimum Gasteiger partial charge on any atom is -0.275 e. The lowest BCUT2D eigenvalue weighted by Crippen LogP contribution is -1.89. The Morgan fingerprint density at radius 2 is 2.00 bits per heavy atom. The van der Waals surface area contributed by atoms with E-state index in [9.17, 15) is 0 Å². The number of hydrogen-bond acceptors (Lipinski definition) is 2. The molecule has 0 unspecified atom stereocenters. The van der Waals surface area contributed by atoms with Crippen LogP contribution in [0.15, 0.2) is 36.7 Å². The Labute approximate surface area is 126 Å². The monoisotopic (exact) mass is 313 g/mol. The van der Waals surface area contributed by atoms with Crippen molar-refractivity contribution in [2.75, 3.05) is 0 Å². The molecule has 6 heteroatoms. The molecule has 0 radical (unpaired) electrons. The predicted octanol–water partition coefficient (Wildman–Crippen LogP) is 4.36. The molecule has 2 aromatic heterocycles. The molecule has 0 aliphatic rings. The summed E-state index contributed by atoms with van der Waals surface area (Å²) in [6, 6.07) is 7.62. The van der Waals surface area contributed by atoms with E-state index in [2.05, 4.69) is 10.1 Å². The average Bonchev–Trinajstić information content (AvgIpc) is 2.69. The van der Waals surface area contributed by atoms with Gasteiger partial charge in [0.1, 0.15) is 5.52 Å². The van der Waals surface area contributed by atoms with Gasteiger partial charge < -0.3 is 0 Å². The molecule has 0 saturated heterocycles. The van der Waals surface area contributed by atoms with Gasteiger partial charge in [0.25, 0.3) is 0 Å². The Balaban J connectivity index is 0.00000133. The molecule has 0 aliphatic carbocycles. The molecule has 2 heterocycles. The van der Waals surface area contributed by atoms with Crippen LogP contribution < -0.4 is 0 Å². The van der Waals surface area contributed by atoms with E-state index in [0.29, 0.717) is 15.7 Å². The first kappa shape index (κ1) is 14.1. The normalized spacial score (nSPS) is 10.5. The van der Waals surface area contributed by atoms with Crippen LogP contribution in [0.3, 0.4) is 0 Å². The SMILES string of the molecule is Cl.Cn1cc2cccc(-c3ncc(Cl)cc3Cl)c2n1. The largest absolute Gasteiger partial charge is 0.275 e. The third-order valence-corrected chi connectivity index (χ3v) is 3.21. The Bertz CT molecular complexity index is 737. The van der Waals surface area contributed by atoms with Crippen LogP contribution in [-0.4, -0.2) is 14.8 Å². The summed E-state index contributed by atoms with van der Waals surface area (Å²) in [5.41, 5.74) is 2.50. The highest BCUT2D eigenvalue weighted by Crippen LogP contribution is 2.32. The summed E-state index contributed by atoms with van der Waals surface area (Å²) in [4.78, 5) is 4.29. The summed E-state index contributed by atoms with van der Waals surface area (Å²) in [6.45, 7) is 0. The van der Waals surface area contributed by atoms with Gasteiger partial charge in [0.2, 0.25) is 0 Å². The van der Waals surface area contributed by atoms with Gasteiger partial charge in [0.15, 0.2) is 0 Å². The van der Waals surface area contributed by atoms with Crippen LogP contribution in [0.25, 0.3) is 22.2 Å². The molecule has 0 bridgehead atoms. The number of pyridine rings is 1. The van der Waals surface area contributed by atoms with Gasteiger partial charge >= 0.3 is 0 Å². The first-order valence-corrected chi connectivity index (χ1v) is 6.14. The van der Waals surface area contributed by atoms with E-state index >= 15 is 0 Å². The molecule has 3 aromatic rings. The van der Waals surface area contributed by atoms with Crippen LogP contribution in [0.5, 0.6) is 0 Å². The maximum atomic E-state index is 6.19. The topological polar surface area (TPSA) is 30.7 Å². The lowest BCUT2D eigenvalue weighted by Gasteiger charge is -2.04. The fourth-order valence-electron chi connectivity index (χ4n) is 1.97. The van der Waals surface area contributed by atoms with Crippen LogP contribution in [0.4, 0.5) is 0 Å². The Morgan fingerprint density at radius 1 is 1.21 bits per heavy atom. The average molecular weight is 315 g/mol.